The predicted octanol–water partition coefficient (Wildman–Crippen LogP) is 4.28. The molecule has 0 fully saturated rings. The third kappa shape index (κ3) is 4.72. The Labute approximate surface area is 154 Å². The summed E-state index contributed by atoms with van der Waals surface area (Å²) in [6.45, 7) is 0.184. The van der Waals surface area contributed by atoms with Crippen LogP contribution in [0.2, 0.25) is 0 Å². The van der Waals surface area contributed by atoms with E-state index in [-0.39, 0.29) is 31.2 Å². The van der Waals surface area contributed by atoms with Gasteiger partial charge in [-0.25, -0.2) is 0 Å². The van der Waals surface area contributed by atoms with E-state index in [9.17, 15) is 9.59 Å². The Kier molecular flexibility index (Phi) is 6.05. The number of ketones is 1. The fraction of sp³-hybridized carbons (Fsp3) is 0.364. The van der Waals surface area contributed by atoms with Crippen molar-refractivity contribution in [1.82, 2.24) is 0 Å². The van der Waals surface area contributed by atoms with Gasteiger partial charge in [0, 0.05) is 12.0 Å². The molecule has 1 aliphatic carbocycles. The quantitative estimate of drug-likeness (QED) is 0.551. The van der Waals surface area contributed by atoms with E-state index in [1.807, 2.05) is 36.4 Å². The maximum absolute atomic E-state index is 12.4. The molecule has 0 heterocycles. The van der Waals surface area contributed by atoms with Gasteiger partial charge in [-0.2, -0.15) is 0 Å². The van der Waals surface area contributed by atoms with Gasteiger partial charge in [-0.15, -0.1) is 0 Å². The summed E-state index contributed by atoms with van der Waals surface area (Å²) in [5, 5.41) is 0. The van der Waals surface area contributed by atoms with Gasteiger partial charge in [0.2, 0.25) is 0 Å². The minimum atomic E-state index is -0.362. The molecular formula is C22H24O4. The van der Waals surface area contributed by atoms with Gasteiger partial charge in [0.15, 0.2) is 5.78 Å². The Balaban J connectivity index is 1.48. The third-order valence-electron chi connectivity index (χ3n) is 4.76. The summed E-state index contributed by atoms with van der Waals surface area (Å²) in [6, 6.07) is 13.3. The number of methoxy groups -OCH3 is 1. The van der Waals surface area contributed by atoms with Crippen molar-refractivity contribution < 1.29 is 19.1 Å². The molecule has 0 saturated heterocycles. The second kappa shape index (κ2) is 8.65. The minimum absolute atomic E-state index is 0.00305. The molecule has 0 radical (unpaired) electrons. The summed E-state index contributed by atoms with van der Waals surface area (Å²) in [7, 11) is 1.59. The topological polar surface area (TPSA) is 52.6 Å². The maximum Gasteiger partial charge on any atom is 0.306 e. The Morgan fingerprint density at radius 2 is 1.77 bits per heavy atom. The number of carbonyl (C=O) groups is 2. The fourth-order valence-electron chi connectivity index (χ4n) is 3.27. The first-order valence-corrected chi connectivity index (χ1v) is 9.09. The van der Waals surface area contributed by atoms with Gasteiger partial charge in [0.25, 0.3) is 0 Å². The van der Waals surface area contributed by atoms with Crippen molar-refractivity contribution in [3.8, 4) is 5.75 Å². The lowest BCUT2D eigenvalue weighted by atomic mass is 9.89. The average Bonchev–Trinajstić information content (AvgIpc) is 2.70. The van der Waals surface area contributed by atoms with E-state index in [1.165, 1.54) is 24.0 Å². The number of carbonyl (C=O) groups excluding carboxylic acids is 2. The van der Waals surface area contributed by atoms with E-state index in [0.29, 0.717) is 5.56 Å². The zero-order valence-electron chi connectivity index (χ0n) is 15.1. The van der Waals surface area contributed by atoms with Crippen LogP contribution in [0.15, 0.2) is 42.5 Å². The van der Waals surface area contributed by atoms with Crippen LogP contribution < -0.4 is 4.74 Å². The van der Waals surface area contributed by atoms with E-state index >= 15 is 0 Å². The zero-order valence-corrected chi connectivity index (χ0v) is 15.1. The second-order valence-electron chi connectivity index (χ2n) is 6.63. The number of fused-ring (bicyclic) bond motifs is 1. The number of esters is 1. The smallest absolute Gasteiger partial charge is 0.306 e. The minimum Gasteiger partial charge on any atom is -0.497 e. The van der Waals surface area contributed by atoms with E-state index < -0.39 is 0 Å². The van der Waals surface area contributed by atoms with Gasteiger partial charge < -0.3 is 9.47 Å². The summed E-state index contributed by atoms with van der Waals surface area (Å²) in [6.07, 6.45) is 4.82. The molecule has 0 spiro atoms. The Bertz CT molecular complexity index is 794. The lowest BCUT2D eigenvalue weighted by Gasteiger charge is -2.16. The first-order valence-electron chi connectivity index (χ1n) is 9.09. The molecule has 136 valence electrons. The summed E-state index contributed by atoms with van der Waals surface area (Å²) in [4.78, 5) is 24.3. The second-order valence-corrected chi connectivity index (χ2v) is 6.63. The third-order valence-corrected chi connectivity index (χ3v) is 4.76. The summed E-state index contributed by atoms with van der Waals surface area (Å²) in [5.41, 5.74) is 4.19. The molecular weight excluding hydrogens is 328 g/mol. The van der Waals surface area contributed by atoms with Crippen LogP contribution in [0.4, 0.5) is 0 Å². The fourth-order valence-corrected chi connectivity index (χ4v) is 3.27. The monoisotopic (exact) mass is 352 g/mol. The number of hydrogen-bond acceptors (Lipinski definition) is 4. The molecule has 4 nitrogen and oxygen atoms in total. The highest BCUT2D eigenvalue weighted by molar-refractivity contribution is 5.97. The maximum atomic E-state index is 12.4. The molecule has 0 aromatic heterocycles. The highest BCUT2D eigenvalue weighted by Crippen LogP contribution is 2.23. The Morgan fingerprint density at radius 1 is 0.962 bits per heavy atom. The van der Waals surface area contributed by atoms with E-state index in [0.717, 1.165) is 24.2 Å². The largest absolute Gasteiger partial charge is 0.497 e. The van der Waals surface area contributed by atoms with Crippen LogP contribution in [-0.4, -0.2) is 18.9 Å². The van der Waals surface area contributed by atoms with Crippen molar-refractivity contribution in [3.63, 3.8) is 0 Å². The van der Waals surface area contributed by atoms with Crippen molar-refractivity contribution in [3.05, 3.63) is 64.7 Å². The molecule has 4 heteroatoms. The van der Waals surface area contributed by atoms with Gasteiger partial charge >= 0.3 is 5.97 Å². The van der Waals surface area contributed by atoms with Gasteiger partial charge in [0.05, 0.1) is 13.5 Å². The van der Waals surface area contributed by atoms with Crippen molar-refractivity contribution >= 4 is 11.8 Å². The first kappa shape index (κ1) is 18.2. The summed E-state index contributed by atoms with van der Waals surface area (Å²) in [5.74, 6) is 0.358. The number of aryl methyl sites for hydroxylation is 2. The zero-order chi connectivity index (χ0) is 18.4. The predicted molar refractivity (Wildman–Crippen MR) is 99.4 cm³/mol. The number of Topliss-reactive ketones (excluding diaryl/α,β-unsaturated/α-hetero) is 1. The van der Waals surface area contributed by atoms with Crippen LogP contribution in [0.25, 0.3) is 0 Å². The highest BCUT2D eigenvalue weighted by atomic mass is 16.5. The molecule has 26 heavy (non-hydrogen) atoms. The number of benzene rings is 2. The Hall–Kier alpha value is -2.62. The highest BCUT2D eigenvalue weighted by Gasteiger charge is 2.14. The van der Waals surface area contributed by atoms with Crippen LogP contribution >= 0.6 is 0 Å². The molecule has 2 aromatic rings. The summed E-state index contributed by atoms with van der Waals surface area (Å²) < 4.78 is 10.4. The number of ether oxygens (including phenoxy) is 2. The average molecular weight is 352 g/mol. The molecule has 2 aromatic carbocycles. The van der Waals surface area contributed by atoms with Gasteiger partial charge in [0.1, 0.15) is 12.4 Å². The first-order chi connectivity index (χ1) is 12.7. The van der Waals surface area contributed by atoms with Crippen LogP contribution in [0.5, 0.6) is 5.75 Å². The molecule has 0 saturated carbocycles. The number of hydrogen-bond donors (Lipinski definition) is 0. The molecule has 0 amide bonds. The lowest BCUT2D eigenvalue weighted by molar-refractivity contribution is -0.144. The van der Waals surface area contributed by atoms with E-state index in [4.69, 9.17) is 9.47 Å². The van der Waals surface area contributed by atoms with Crippen LogP contribution in [0.1, 0.15) is 52.7 Å². The lowest BCUT2D eigenvalue weighted by Crippen LogP contribution is -2.10. The van der Waals surface area contributed by atoms with Crippen LogP contribution in [-0.2, 0) is 29.0 Å². The molecule has 0 unspecified atom stereocenters. The van der Waals surface area contributed by atoms with Crippen LogP contribution in [0, 0.1) is 0 Å². The normalized spacial score (nSPS) is 13.0. The molecule has 1 aliphatic rings. The molecule has 0 bridgehead atoms. The summed E-state index contributed by atoms with van der Waals surface area (Å²) >= 11 is 0. The van der Waals surface area contributed by atoms with Crippen molar-refractivity contribution in [2.75, 3.05) is 7.11 Å². The molecule has 3 rings (SSSR count). The van der Waals surface area contributed by atoms with Crippen molar-refractivity contribution in [2.24, 2.45) is 0 Å². The van der Waals surface area contributed by atoms with Gasteiger partial charge in [-0.1, -0.05) is 24.3 Å². The van der Waals surface area contributed by atoms with Gasteiger partial charge in [-0.05, 0) is 60.6 Å². The molecule has 0 aliphatic heterocycles. The van der Waals surface area contributed by atoms with E-state index in [1.54, 1.807) is 7.11 Å². The standard InChI is InChI=1S/C22H24O4/c1-25-20-8-4-5-16(13-20)15-26-22(24)12-11-21(23)19-10-9-17-6-2-3-7-18(17)14-19/h4-5,8-10,13-14H,2-3,6-7,11-12,15H2,1H3. The Morgan fingerprint density at radius 3 is 2.58 bits per heavy atom. The number of rotatable bonds is 7. The van der Waals surface area contributed by atoms with Crippen LogP contribution in [0.3, 0.4) is 0 Å². The molecule has 0 atom stereocenters. The van der Waals surface area contributed by atoms with Gasteiger partial charge in [-0.3, -0.25) is 9.59 Å². The SMILES string of the molecule is COc1cccc(COC(=O)CCC(=O)c2ccc3c(c2)CCCC3)c1. The van der Waals surface area contributed by atoms with E-state index in [2.05, 4.69) is 6.07 Å². The van der Waals surface area contributed by atoms with Crippen molar-refractivity contribution in [1.29, 1.82) is 0 Å². The van der Waals surface area contributed by atoms with Crippen molar-refractivity contribution in [2.45, 2.75) is 45.1 Å². The molecule has 0 N–H and O–H groups in total.